The van der Waals surface area contributed by atoms with Gasteiger partial charge in [0.25, 0.3) is 0 Å². The zero-order valence-corrected chi connectivity index (χ0v) is 11.5. The number of rotatable bonds is 5. The largest absolute Gasteiger partial charge is 0.312 e. The summed E-state index contributed by atoms with van der Waals surface area (Å²) in [5.74, 6) is 0. The number of hydrogen-bond donors (Lipinski definition) is 1. The monoisotopic (exact) mass is 236 g/mol. The molecule has 0 amide bonds. The fourth-order valence-corrected chi connectivity index (χ4v) is 2.99. The first kappa shape index (κ1) is 13.1. The van der Waals surface area contributed by atoms with Crippen LogP contribution in [0.2, 0.25) is 0 Å². The van der Waals surface area contributed by atoms with E-state index in [2.05, 4.69) is 30.1 Å². The van der Waals surface area contributed by atoms with Gasteiger partial charge in [-0.05, 0) is 65.5 Å². The summed E-state index contributed by atoms with van der Waals surface area (Å²) in [5.41, 5.74) is 1.70. The van der Waals surface area contributed by atoms with E-state index < -0.39 is 0 Å². The molecule has 17 heavy (non-hydrogen) atoms. The molecular formula is C15H28N2. The zero-order valence-electron chi connectivity index (χ0n) is 11.5. The highest BCUT2D eigenvalue weighted by molar-refractivity contribution is 5.05. The van der Waals surface area contributed by atoms with Gasteiger partial charge < -0.3 is 5.32 Å². The van der Waals surface area contributed by atoms with Gasteiger partial charge in [-0.15, -0.1) is 0 Å². The maximum Gasteiger partial charge on any atom is 0.0207 e. The number of hydrogen-bond acceptors (Lipinski definition) is 2. The minimum atomic E-state index is 0.711. The standard InChI is InChI=1S/C15H28N2/c1-13(2)17-11-9-15(12-17)16-10-8-14-6-4-3-5-7-14/h6,13,15-16H,3-5,7-12H2,1-2H3. The van der Waals surface area contributed by atoms with Gasteiger partial charge in [0.15, 0.2) is 0 Å². The Morgan fingerprint density at radius 3 is 2.94 bits per heavy atom. The summed E-state index contributed by atoms with van der Waals surface area (Å²) < 4.78 is 0. The van der Waals surface area contributed by atoms with Gasteiger partial charge in [-0.1, -0.05) is 11.6 Å². The third-order valence-corrected chi connectivity index (χ3v) is 4.21. The predicted molar refractivity (Wildman–Crippen MR) is 74.3 cm³/mol. The Labute approximate surface area is 106 Å². The molecule has 0 bridgehead atoms. The second kappa shape index (κ2) is 6.55. The van der Waals surface area contributed by atoms with Crippen molar-refractivity contribution in [3.8, 4) is 0 Å². The van der Waals surface area contributed by atoms with Gasteiger partial charge in [-0.25, -0.2) is 0 Å². The molecule has 1 N–H and O–H groups in total. The Kier molecular flexibility index (Phi) is 5.05. The van der Waals surface area contributed by atoms with E-state index in [0.717, 1.165) is 6.04 Å². The van der Waals surface area contributed by atoms with E-state index in [1.54, 1.807) is 5.57 Å². The average Bonchev–Trinajstić information content (AvgIpc) is 2.79. The topological polar surface area (TPSA) is 15.3 Å². The van der Waals surface area contributed by atoms with E-state index in [4.69, 9.17) is 0 Å². The lowest BCUT2D eigenvalue weighted by molar-refractivity contribution is 0.268. The van der Waals surface area contributed by atoms with Crippen molar-refractivity contribution in [1.82, 2.24) is 10.2 Å². The molecule has 2 nitrogen and oxygen atoms in total. The van der Waals surface area contributed by atoms with E-state index in [1.807, 2.05) is 0 Å². The Morgan fingerprint density at radius 2 is 2.29 bits per heavy atom. The van der Waals surface area contributed by atoms with Crippen LogP contribution < -0.4 is 5.32 Å². The summed E-state index contributed by atoms with van der Waals surface area (Å²) in [6.45, 7) is 8.31. The highest BCUT2D eigenvalue weighted by atomic mass is 15.2. The molecule has 0 aromatic heterocycles. The Bertz CT molecular complexity index is 258. The molecule has 1 aliphatic carbocycles. The molecule has 0 saturated carbocycles. The van der Waals surface area contributed by atoms with Crippen LogP contribution >= 0.6 is 0 Å². The van der Waals surface area contributed by atoms with Crippen LogP contribution in [0.4, 0.5) is 0 Å². The molecule has 0 radical (unpaired) electrons. The molecule has 1 saturated heterocycles. The number of nitrogens with one attached hydrogen (secondary N) is 1. The van der Waals surface area contributed by atoms with Crippen LogP contribution in [0, 0.1) is 0 Å². The molecule has 0 spiro atoms. The van der Waals surface area contributed by atoms with Crippen LogP contribution in [-0.4, -0.2) is 36.6 Å². The van der Waals surface area contributed by atoms with Crippen molar-refractivity contribution in [2.45, 2.75) is 64.5 Å². The lowest BCUT2D eigenvalue weighted by Crippen LogP contribution is -2.35. The molecule has 1 heterocycles. The second-order valence-electron chi connectivity index (χ2n) is 5.89. The van der Waals surface area contributed by atoms with Gasteiger partial charge in [-0.2, -0.15) is 0 Å². The second-order valence-corrected chi connectivity index (χ2v) is 5.89. The third kappa shape index (κ3) is 4.11. The minimum absolute atomic E-state index is 0.711. The Morgan fingerprint density at radius 1 is 1.41 bits per heavy atom. The number of nitrogens with zero attached hydrogens (tertiary/aromatic N) is 1. The Hall–Kier alpha value is -0.340. The Balaban J connectivity index is 1.61. The van der Waals surface area contributed by atoms with Crippen LogP contribution in [0.3, 0.4) is 0 Å². The molecule has 1 unspecified atom stereocenters. The third-order valence-electron chi connectivity index (χ3n) is 4.21. The molecule has 0 aromatic carbocycles. The number of allylic oxidation sites excluding steroid dienone is 1. The van der Waals surface area contributed by atoms with Crippen LogP contribution in [0.25, 0.3) is 0 Å². The van der Waals surface area contributed by atoms with E-state index in [1.165, 1.54) is 58.2 Å². The summed E-state index contributed by atoms with van der Waals surface area (Å²) in [6, 6.07) is 1.45. The van der Waals surface area contributed by atoms with Crippen LogP contribution in [0.5, 0.6) is 0 Å². The SMILES string of the molecule is CC(C)N1CCC(NCCC2=CCCCC2)C1. The predicted octanol–water partition coefficient (Wildman–Crippen LogP) is 2.95. The average molecular weight is 236 g/mol. The van der Waals surface area contributed by atoms with Crippen LogP contribution in [0.1, 0.15) is 52.4 Å². The van der Waals surface area contributed by atoms with Crippen molar-refractivity contribution in [2.75, 3.05) is 19.6 Å². The summed E-state index contributed by atoms with van der Waals surface area (Å²) in [7, 11) is 0. The van der Waals surface area contributed by atoms with Crippen molar-refractivity contribution in [3.05, 3.63) is 11.6 Å². The first-order valence-electron chi connectivity index (χ1n) is 7.41. The maximum atomic E-state index is 3.73. The molecular weight excluding hydrogens is 208 g/mol. The maximum absolute atomic E-state index is 3.73. The van der Waals surface area contributed by atoms with Gasteiger partial charge in [0.2, 0.25) is 0 Å². The number of likely N-dealkylation sites (tertiary alicyclic amines) is 1. The summed E-state index contributed by atoms with van der Waals surface area (Å²) in [4.78, 5) is 2.58. The summed E-state index contributed by atoms with van der Waals surface area (Å²) >= 11 is 0. The van der Waals surface area contributed by atoms with E-state index in [0.29, 0.717) is 6.04 Å². The first-order valence-corrected chi connectivity index (χ1v) is 7.41. The summed E-state index contributed by atoms with van der Waals surface area (Å²) in [5, 5.41) is 3.73. The lowest BCUT2D eigenvalue weighted by Gasteiger charge is -2.20. The molecule has 1 atom stereocenters. The fourth-order valence-electron chi connectivity index (χ4n) is 2.99. The van der Waals surface area contributed by atoms with Gasteiger partial charge in [-0.3, -0.25) is 4.90 Å². The highest BCUT2D eigenvalue weighted by Crippen LogP contribution is 2.19. The summed E-state index contributed by atoms with van der Waals surface area (Å²) in [6.07, 6.45) is 10.6. The molecule has 0 aromatic rings. The van der Waals surface area contributed by atoms with E-state index in [9.17, 15) is 0 Å². The van der Waals surface area contributed by atoms with E-state index >= 15 is 0 Å². The van der Waals surface area contributed by atoms with Crippen LogP contribution in [-0.2, 0) is 0 Å². The fraction of sp³-hybridized carbons (Fsp3) is 0.867. The molecule has 2 rings (SSSR count). The van der Waals surface area contributed by atoms with Crippen molar-refractivity contribution in [2.24, 2.45) is 0 Å². The van der Waals surface area contributed by atoms with Gasteiger partial charge in [0.1, 0.15) is 0 Å². The van der Waals surface area contributed by atoms with Crippen molar-refractivity contribution >= 4 is 0 Å². The minimum Gasteiger partial charge on any atom is -0.312 e. The van der Waals surface area contributed by atoms with E-state index in [-0.39, 0.29) is 0 Å². The van der Waals surface area contributed by atoms with Crippen molar-refractivity contribution < 1.29 is 0 Å². The molecule has 98 valence electrons. The van der Waals surface area contributed by atoms with Crippen molar-refractivity contribution in [3.63, 3.8) is 0 Å². The molecule has 2 aliphatic rings. The molecule has 2 heteroatoms. The normalized spacial score (nSPS) is 26.5. The first-order chi connectivity index (χ1) is 8.25. The van der Waals surface area contributed by atoms with Crippen molar-refractivity contribution in [1.29, 1.82) is 0 Å². The lowest BCUT2D eigenvalue weighted by atomic mass is 9.97. The van der Waals surface area contributed by atoms with Gasteiger partial charge >= 0.3 is 0 Å². The quantitative estimate of drug-likeness (QED) is 0.738. The smallest absolute Gasteiger partial charge is 0.0207 e. The van der Waals surface area contributed by atoms with Gasteiger partial charge in [0.05, 0.1) is 0 Å². The highest BCUT2D eigenvalue weighted by Gasteiger charge is 2.23. The zero-order chi connectivity index (χ0) is 12.1. The van der Waals surface area contributed by atoms with Crippen LogP contribution in [0.15, 0.2) is 11.6 Å². The van der Waals surface area contributed by atoms with Gasteiger partial charge in [0, 0.05) is 18.6 Å². The molecule has 1 aliphatic heterocycles. The molecule has 1 fully saturated rings.